The average Bonchev–Trinajstić information content (AvgIpc) is 2.05. The van der Waals surface area contributed by atoms with E-state index in [1.165, 1.54) is 36.5 Å². The van der Waals surface area contributed by atoms with Crippen molar-refractivity contribution in [2.75, 3.05) is 4.43 Å². The van der Waals surface area contributed by atoms with Gasteiger partial charge in [0.15, 0.2) is 0 Å². The van der Waals surface area contributed by atoms with E-state index in [0.29, 0.717) is 0 Å². The number of hydrogen-bond acceptors (Lipinski definition) is 1. The molecule has 2 heteroatoms. The predicted molar refractivity (Wildman–Crippen MR) is 38.9 cm³/mol. The molecule has 0 saturated heterocycles. The number of nitrogens with zero attached hydrogens (tertiary/aromatic N) is 1. The molecule has 1 nitrogen and oxygen atoms in total. The van der Waals surface area contributed by atoms with Crippen LogP contribution in [0.3, 0.4) is 0 Å². The molecule has 0 bridgehead atoms. The summed E-state index contributed by atoms with van der Waals surface area (Å²) in [5.41, 5.74) is 1.60. The van der Waals surface area contributed by atoms with E-state index in [4.69, 9.17) is 0 Å². The van der Waals surface area contributed by atoms with Crippen LogP contribution < -0.4 is 21.5 Å². The number of rotatable bonds is 0. The van der Waals surface area contributed by atoms with Gasteiger partial charge in [0.2, 0.25) is 0 Å². The van der Waals surface area contributed by atoms with Crippen molar-refractivity contribution < 1.29 is 21.5 Å². The third-order valence-electron chi connectivity index (χ3n) is 2.42. The second-order valence-electron chi connectivity index (χ2n) is 3.12. The van der Waals surface area contributed by atoms with E-state index >= 15 is 0 Å². The molecule has 10 heavy (non-hydrogen) atoms. The third kappa shape index (κ3) is 1.36. The van der Waals surface area contributed by atoms with E-state index in [2.05, 4.69) is 3.21 Å². The Balaban J connectivity index is 2.08. The Morgan fingerprint density at radius 2 is 2.30 bits per heavy atom. The van der Waals surface area contributed by atoms with Gasteiger partial charge in [-0.3, -0.25) is 0 Å². The van der Waals surface area contributed by atoms with Crippen molar-refractivity contribution in [2.45, 2.75) is 32.1 Å². The van der Waals surface area contributed by atoms with Crippen molar-refractivity contribution in [1.82, 2.24) is 0 Å². The topological polar surface area (TPSA) is 12.4 Å². The van der Waals surface area contributed by atoms with Crippen LogP contribution in [-0.4, -0.2) is 10.1 Å². The Bertz CT molecular complexity index is 153. The van der Waals surface area contributed by atoms with Crippen LogP contribution >= 0.6 is 0 Å². The van der Waals surface area contributed by atoms with E-state index in [9.17, 15) is 0 Å². The van der Waals surface area contributed by atoms with E-state index in [0.717, 1.165) is 5.92 Å². The molecule has 2 aliphatic rings. The quantitative estimate of drug-likeness (QED) is 0.387. The van der Waals surface area contributed by atoms with Crippen molar-refractivity contribution >= 4 is 5.71 Å². The Morgan fingerprint density at radius 3 is 3.20 bits per heavy atom. The number of hydrogen-bond donors (Lipinski definition) is 0. The van der Waals surface area contributed by atoms with E-state index < -0.39 is 0 Å². The van der Waals surface area contributed by atoms with Crippen LogP contribution in [0.2, 0.25) is 0 Å². The summed E-state index contributed by atoms with van der Waals surface area (Å²) in [4.78, 5) is 0. The third-order valence-corrected chi connectivity index (χ3v) is 4.48. The predicted octanol–water partition coefficient (Wildman–Crippen LogP) is -0.975. The molecule has 2 rings (SSSR count). The molecule has 0 aromatic carbocycles. The van der Waals surface area contributed by atoms with Crippen LogP contribution in [0.15, 0.2) is 3.21 Å². The molecule has 1 aliphatic carbocycles. The zero-order valence-electron chi connectivity index (χ0n) is 6.15. The summed E-state index contributed by atoms with van der Waals surface area (Å²) in [7, 11) is 0. The molecule has 0 N–H and O–H groups in total. The second-order valence-corrected chi connectivity index (χ2v) is 5.36. The summed E-state index contributed by atoms with van der Waals surface area (Å²) in [6.07, 6.45) is 7.14. The fraction of sp³-hybridized carbons (Fsp3) is 0.875. The molecule has 0 aromatic heterocycles. The summed E-state index contributed by atoms with van der Waals surface area (Å²) >= 11 is 0.257. The van der Waals surface area contributed by atoms with Gasteiger partial charge < -0.3 is 0 Å². The van der Waals surface area contributed by atoms with Gasteiger partial charge in [-0.05, 0) is 0 Å². The van der Waals surface area contributed by atoms with Gasteiger partial charge in [0.05, 0.1) is 0 Å². The molecular formula is C8H13IN-. The maximum atomic E-state index is 4.68. The number of alkyl halides is 1. The summed E-state index contributed by atoms with van der Waals surface area (Å²) in [6, 6.07) is 0. The van der Waals surface area contributed by atoms with Gasteiger partial charge >= 0.3 is 72.8 Å². The first-order chi connectivity index (χ1) is 4.97. The Hall–Kier alpha value is 0.400. The van der Waals surface area contributed by atoms with Gasteiger partial charge in [-0.25, -0.2) is 0 Å². The van der Waals surface area contributed by atoms with E-state index in [1.54, 1.807) is 5.71 Å². The minimum absolute atomic E-state index is 0.257. The first-order valence-corrected chi connectivity index (χ1v) is 6.61. The summed E-state index contributed by atoms with van der Waals surface area (Å²) in [5, 5.41) is 0. The SMILES string of the molecule is C1CCC2CC[I-]N=C2C1. The van der Waals surface area contributed by atoms with E-state index in [-0.39, 0.29) is 21.5 Å². The van der Waals surface area contributed by atoms with Gasteiger partial charge in [0.25, 0.3) is 0 Å². The molecule has 1 heterocycles. The van der Waals surface area contributed by atoms with E-state index in [1.807, 2.05) is 0 Å². The van der Waals surface area contributed by atoms with Crippen molar-refractivity contribution in [2.24, 2.45) is 9.12 Å². The van der Waals surface area contributed by atoms with Gasteiger partial charge in [0.1, 0.15) is 0 Å². The van der Waals surface area contributed by atoms with Crippen molar-refractivity contribution in [3.63, 3.8) is 0 Å². The maximum absolute atomic E-state index is 4.68. The van der Waals surface area contributed by atoms with Crippen LogP contribution in [-0.2, 0) is 0 Å². The van der Waals surface area contributed by atoms with Crippen LogP contribution in [0, 0.1) is 5.92 Å². The first kappa shape index (κ1) is 7.07. The fourth-order valence-corrected chi connectivity index (χ4v) is 4.13. The molecular weight excluding hydrogens is 237 g/mol. The molecule has 0 amide bonds. The number of halogens is 1. The van der Waals surface area contributed by atoms with Crippen LogP contribution in [0.1, 0.15) is 32.1 Å². The van der Waals surface area contributed by atoms with Crippen LogP contribution in [0.4, 0.5) is 0 Å². The standard InChI is InChI=1S/C8H13IN/c1-2-4-8-7(3-1)5-6-9-10-8/h7H,1-6H2/q-1. The molecule has 0 spiro atoms. The molecule has 1 atom stereocenters. The zero-order chi connectivity index (χ0) is 6.81. The normalized spacial score (nSPS) is 33.6. The number of fused-ring (bicyclic) bond motifs is 1. The van der Waals surface area contributed by atoms with Gasteiger partial charge in [-0.2, -0.15) is 0 Å². The molecule has 1 unspecified atom stereocenters. The Morgan fingerprint density at radius 1 is 1.30 bits per heavy atom. The zero-order valence-corrected chi connectivity index (χ0v) is 8.30. The molecule has 1 saturated carbocycles. The molecule has 0 aromatic rings. The van der Waals surface area contributed by atoms with Crippen molar-refractivity contribution in [3.05, 3.63) is 0 Å². The van der Waals surface area contributed by atoms with Gasteiger partial charge in [0, 0.05) is 0 Å². The molecule has 58 valence electrons. The van der Waals surface area contributed by atoms with Crippen LogP contribution in [0.5, 0.6) is 0 Å². The molecule has 1 fully saturated rings. The summed E-state index contributed by atoms with van der Waals surface area (Å²) in [6.45, 7) is 0. The monoisotopic (exact) mass is 250 g/mol. The Labute approximate surface area is 72.9 Å². The minimum atomic E-state index is 0.257. The van der Waals surface area contributed by atoms with Crippen LogP contribution in [0.25, 0.3) is 0 Å². The van der Waals surface area contributed by atoms with Gasteiger partial charge in [-0.1, -0.05) is 0 Å². The molecule has 0 radical (unpaired) electrons. The fourth-order valence-electron chi connectivity index (χ4n) is 1.79. The average molecular weight is 250 g/mol. The molecule has 1 aliphatic heterocycles. The summed E-state index contributed by atoms with van der Waals surface area (Å²) in [5.74, 6) is 0.933. The Kier molecular flexibility index (Phi) is 2.26. The van der Waals surface area contributed by atoms with Gasteiger partial charge in [-0.15, -0.1) is 0 Å². The van der Waals surface area contributed by atoms with Crippen molar-refractivity contribution in [1.29, 1.82) is 0 Å². The van der Waals surface area contributed by atoms with Crippen molar-refractivity contribution in [3.8, 4) is 0 Å². The second kappa shape index (κ2) is 3.20. The summed E-state index contributed by atoms with van der Waals surface area (Å²) < 4.78 is 6.13. The first-order valence-electron chi connectivity index (χ1n) is 4.12.